The van der Waals surface area contributed by atoms with E-state index in [9.17, 15) is 0 Å². The first-order valence-corrected chi connectivity index (χ1v) is 6.47. The lowest BCUT2D eigenvalue weighted by molar-refractivity contribution is 0.0930. The van der Waals surface area contributed by atoms with Gasteiger partial charge < -0.3 is 10.1 Å². The number of likely N-dealkylation sites (N-methyl/N-ethyl adjacent to an activating group) is 1. The summed E-state index contributed by atoms with van der Waals surface area (Å²) in [5.41, 5.74) is 0. The SMILES string of the molecule is CCN(CC(C)CNC(C)C)C(C)COC. The summed E-state index contributed by atoms with van der Waals surface area (Å²) in [5.74, 6) is 0.682. The maximum absolute atomic E-state index is 5.21. The number of methoxy groups -OCH3 is 1. The van der Waals surface area contributed by atoms with Gasteiger partial charge in [0.2, 0.25) is 0 Å². The van der Waals surface area contributed by atoms with Gasteiger partial charge in [0.05, 0.1) is 6.61 Å². The van der Waals surface area contributed by atoms with E-state index < -0.39 is 0 Å². The number of nitrogens with one attached hydrogen (secondary N) is 1. The molecule has 0 heterocycles. The predicted octanol–water partition coefficient (Wildman–Crippen LogP) is 1.98. The van der Waals surface area contributed by atoms with Crippen molar-refractivity contribution in [2.45, 2.75) is 46.7 Å². The summed E-state index contributed by atoms with van der Waals surface area (Å²) in [4.78, 5) is 2.48. The molecule has 0 radical (unpaired) electrons. The summed E-state index contributed by atoms with van der Waals surface area (Å²) in [6.07, 6.45) is 0. The average molecular weight is 230 g/mol. The van der Waals surface area contributed by atoms with E-state index in [1.54, 1.807) is 7.11 Å². The van der Waals surface area contributed by atoms with Gasteiger partial charge in [-0.15, -0.1) is 0 Å². The standard InChI is InChI=1S/C13H30N2O/c1-7-15(13(5)10-16-6)9-12(4)8-14-11(2)3/h11-14H,7-10H2,1-6H3. The zero-order chi connectivity index (χ0) is 12.6. The third-order valence-corrected chi connectivity index (χ3v) is 2.86. The van der Waals surface area contributed by atoms with E-state index in [-0.39, 0.29) is 0 Å². The normalized spacial score (nSPS) is 15.8. The molecule has 0 aliphatic rings. The van der Waals surface area contributed by atoms with Gasteiger partial charge in [-0.25, -0.2) is 0 Å². The highest BCUT2D eigenvalue weighted by Crippen LogP contribution is 2.05. The Labute approximate surface area is 102 Å². The molecule has 0 rings (SSSR count). The molecule has 0 saturated heterocycles. The van der Waals surface area contributed by atoms with Gasteiger partial charge in [-0.2, -0.15) is 0 Å². The van der Waals surface area contributed by atoms with Crippen LogP contribution in [0.4, 0.5) is 0 Å². The molecule has 0 bridgehead atoms. The molecule has 0 aliphatic carbocycles. The van der Waals surface area contributed by atoms with Crippen molar-refractivity contribution < 1.29 is 4.74 Å². The summed E-state index contributed by atoms with van der Waals surface area (Å²) < 4.78 is 5.21. The topological polar surface area (TPSA) is 24.5 Å². The summed E-state index contributed by atoms with van der Waals surface area (Å²) in [7, 11) is 1.77. The molecule has 16 heavy (non-hydrogen) atoms. The van der Waals surface area contributed by atoms with Gasteiger partial charge in [0.15, 0.2) is 0 Å². The van der Waals surface area contributed by atoms with Crippen molar-refractivity contribution in [2.24, 2.45) is 5.92 Å². The van der Waals surface area contributed by atoms with Crippen LogP contribution in [0.25, 0.3) is 0 Å². The number of hydrogen-bond acceptors (Lipinski definition) is 3. The Morgan fingerprint density at radius 1 is 1.19 bits per heavy atom. The van der Waals surface area contributed by atoms with Crippen LogP contribution in [0.15, 0.2) is 0 Å². The third kappa shape index (κ3) is 7.20. The van der Waals surface area contributed by atoms with E-state index in [4.69, 9.17) is 4.74 Å². The van der Waals surface area contributed by atoms with Gasteiger partial charge in [-0.3, -0.25) is 4.90 Å². The Hall–Kier alpha value is -0.120. The molecule has 0 aromatic carbocycles. The second-order valence-corrected chi connectivity index (χ2v) is 5.06. The Morgan fingerprint density at radius 2 is 1.81 bits per heavy atom. The quantitative estimate of drug-likeness (QED) is 0.655. The van der Waals surface area contributed by atoms with Crippen molar-refractivity contribution >= 4 is 0 Å². The fourth-order valence-corrected chi connectivity index (χ4v) is 1.87. The van der Waals surface area contributed by atoms with Crippen LogP contribution in [0, 0.1) is 5.92 Å². The Balaban J connectivity index is 3.91. The predicted molar refractivity (Wildman–Crippen MR) is 70.9 cm³/mol. The smallest absolute Gasteiger partial charge is 0.0615 e. The molecular weight excluding hydrogens is 200 g/mol. The summed E-state index contributed by atoms with van der Waals surface area (Å²) >= 11 is 0. The van der Waals surface area contributed by atoms with Crippen LogP contribution in [0.3, 0.4) is 0 Å². The van der Waals surface area contributed by atoms with Crippen LogP contribution in [-0.4, -0.2) is 50.3 Å². The minimum atomic E-state index is 0.511. The van der Waals surface area contributed by atoms with Crippen LogP contribution in [-0.2, 0) is 4.74 Å². The molecular formula is C13H30N2O. The fourth-order valence-electron chi connectivity index (χ4n) is 1.87. The second-order valence-electron chi connectivity index (χ2n) is 5.06. The Bertz CT molecular complexity index is 162. The molecule has 0 aromatic heterocycles. The van der Waals surface area contributed by atoms with E-state index in [1.807, 2.05) is 0 Å². The zero-order valence-electron chi connectivity index (χ0n) is 11.9. The van der Waals surface area contributed by atoms with Crippen LogP contribution in [0.5, 0.6) is 0 Å². The first kappa shape index (κ1) is 15.9. The van der Waals surface area contributed by atoms with Gasteiger partial charge >= 0.3 is 0 Å². The minimum absolute atomic E-state index is 0.511. The molecule has 1 N–H and O–H groups in total. The van der Waals surface area contributed by atoms with Crippen molar-refractivity contribution in [3.8, 4) is 0 Å². The maximum Gasteiger partial charge on any atom is 0.0615 e. The minimum Gasteiger partial charge on any atom is -0.383 e. The monoisotopic (exact) mass is 230 g/mol. The van der Waals surface area contributed by atoms with Gasteiger partial charge in [0.1, 0.15) is 0 Å². The van der Waals surface area contributed by atoms with Gasteiger partial charge in [0.25, 0.3) is 0 Å². The van der Waals surface area contributed by atoms with E-state index in [1.165, 1.54) is 0 Å². The number of ether oxygens (including phenoxy) is 1. The average Bonchev–Trinajstić information content (AvgIpc) is 2.23. The van der Waals surface area contributed by atoms with Crippen LogP contribution in [0.1, 0.15) is 34.6 Å². The summed E-state index contributed by atoms with van der Waals surface area (Å²) in [6.45, 7) is 15.3. The highest BCUT2D eigenvalue weighted by molar-refractivity contribution is 4.70. The first-order chi connectivity index (χ1) is 7.51. The largest absolute Gasteiger partial charge is 0.383 e. The molecule has 3 heteroatoms. The third-order valence-electron chi connectivity index (χ3n) is 2.86. The molecule has 2 atom stereocenters. The zero-order valence-corrected chi connectivity index (χ0v) is 11.9. The Morgan fingerprint density at radius 3 is 2.25 bits per heavy atom. The van der Waals surface area contributed by atoms with Crippen molar-refractivity contribution in [1.29, 1.82) is 0 Å². The molecule has 3 nitrogen and oxygen atoms in total. The van der Waals surface area contributed by atoms with Crippen molar-refractivity contribution in [1.82, 2.24) is 10.2 Å². The van der Waals surface area contributed by atoms with E-state index in [2.05, 4.69) is 44.8 Å². The lowest BCUT2D eigenvalue weighted by Gasteiger charge is -2.30. The highest BCUT2D eigenvalue weighted by atomic mass is 16.5. The molecule has 0 spiro atoms. The molecule has 2 unspecified atom stereocenters. The first-order valence-electron chi connectivity index (χ1n) is 6.47. The van der Waals surface area contributed by atoms with E-state index in [0.29, 0.717) is 18.0 Å². The maximum atomic E-state index is 5.21. The van der Waals surface area contributed by atoms with E-state index >= 15 is 0 Å². The number of rotatable bonds is 9. The number of hydrogen-bond donors (Lipinski definition) is 1. The van der Waals surface area contributed by atoms with Crippen molar-refractivity contribution in [2.75, 3.05) is 33.4 Å². The van der Waals surface area contributed by atoms with Crippen molar-refractivity contribution in [3.05, 3.63) is 0 Å². The summed E-state index contributed by atoms with van der Waals surface area (Å²) in [6, 6.07) is 1.09. The molecule has 0 aromatic rings. The van der Waals surface area contributed by atoms with Gasteiger partial charge in [0, 0.05) is 25.7 Å². The van der Waals surface area contributed by atoms with Crippen molar-refractivity contribution in [3.63, 3.8) is 0 Å². The summed E-state index contributed by atoms with van der Waals surface area (Å²) in [5, 5.41) is 3.49. The highest BCUT2D eigenvalue weighted by Gasteiger charge is 2.14. The van der Waals surface area contributed by atoms with E-state index in [0.717, 1.165) is 26.2 Å². The van der Waals surface area contributed by atoms with Crippen LogP contribution >= 0.6 is 0 Å². The molecule has 0 fully saturated rings. The van der Waals surface area contributed by atoms with Crippen LogP contribution in [0.2, 0.25) is 0 Å². The lowest BCUT2D eigenvalue weighted by Crippen LogP contribution is -2.41. The lowest BCUT2D eigenvalue weighted by atomic mass is 10.1. The molecule has 0 amide bonds. The van der Waals surface area contributed by atoms with Gasteiger partial charge in [-0.1, -0.05) is 27.7 Å². The Kier molecular flexibility index (Phi) is 8.90. The number of nitrogens with zero attached hydrogens (tertiary/aromatic N) is 1. The van der Waals surface area contributed by atoms with Gasteiger partial charge in [-0.05, 0) is 25.9 Å². The molecule has 98 valence electrons. The molecule has 0 saturated carbocycles. The molecule has 0 aliphatic heterocycles. The fraction of sp³-hybridized carbons (Fsp3) is 1.00. The second kappa shape index (κ2) is 8.97. The van der Waals surface area contributed by atoms with Crippen LogP contribution < -0.4 is 5.32 Å².